The molecule has 0 aliphatic heterocycles. The molecule has 0 spiro atoms. The highest BCUT2D eigenvalue weighted by Crippen LogP contribution is 2.31. The van der Waals surface area contributed by atoms with Crippen molar-refractivity contribution in [3.8, 4) is 11.5 Å². The summed E-state index contributed by atoms with van der Waals surface area (Å²) in [4.78, 5) is 5.39. The SMILES string of the molecule is COc1cc2[nH]c(=S)n(CCCN(C)C)c2cc1OC. The molecule has 0 atom stereocenters. The largest absolute Gasteiger partial charge is 0.493 e. The van der Waals surface area contributed by atoms with Gasteiger partial charge >= 0.3 is 0 Å². The van der Waals surface area contributed by atoms with Gasteiger partial charge in [0.1, 0.15) is 0 Å². The number of benzene rings is 1. The first-order valence-electron chi connectivity index (χ1n) is 6.56. The maximum absolute atomic E-state index is 5.40. The Morgan fingerprint density at radius 1 is 1.20 bits per heavy atom. The number of imidazole rings is 1. The van der Waals surface area contributed by atoms with Crippen molar-refractivity contribution < 1.29 is 9.47 Å². The van der Waals surface area contributed by atoms with Gasteiger partial charge in [0.05, 0.1) is 25.3 Å². The summed E-state index contributed by atoms with van der Waals surface area (Å²) in [5.74, 6) is 1.42. The minimum atomic E-state index is 0.705. The maximum atomic E-state index is 5.40. The van der Waals surface area contributed by atoms with Crippen molar-refractivity contribution in [3.63, 3.8) is 0 Å². The Morgan fingerprint density at radius 3 is 2.45 bits per heavy atom. The Labute approximate surface area is 124 Å². The lowest BCUT2D eigenvalue weighted by Crippen LogP contribution is -2.15. The van der Waals surface area contributed by atoms with E-state index >= 15 is 0 Å². The highest BCUT2D eigenvalue weighted by Gasteiger charge is 2.11. The predicted octanol–water partition coefficient (Wildman–Crippen LogP) is 2.67. The monoisotopic (exact) mass is 295 g/mol. The molecule has 0 aliphatic carbocycles. The Bertz CT molecular complexity index is 646. The van der Waals surface area contributed by atoms with Gasteiger partial charge in [-0.2, -0.15) is 0 Å². The molecule has 1 N–H and O–H groups in total. The van der Waals surface area contributed by atoms with Gasteiger partial charge in [-0.05, 0) is 39.3 Å². The molecule has 0 amide bonds. The zero-order valence-corrected chi connectivity index (χ0v) is 13.2. The number of aromatic nitrogens is 2. The van der Waals surface area contributed by atoms with Gasteiger partial charge in [0, 0.05) is 18.7 Å². The number of aromatic amines is 1. The van der Waals surface area contributed by atoms with E-state index in [4.69, 9.17) is 21.7 Å². The summed E-state index contributed by atoms with van der Waals surface area (Å²) in [6.45, 7) is 1.91. The third-order valence-corrected chi connectivity index (χ3v) is 3.59. The van der Waals surface area contributed by atoms with Crippen LogP contribution in [0.4, 0.5) is 0 Å². The van der Waals surface area contributed by atoms with Crippen LogP contribution in [0.15, 0.2) is 12.1 Å². The van der Waals surface area contributed by atoms with E-state index < -0.39 is 0 Å². The van der Waals surface area contributed by atoms with Crippen molar-refractivity contribution in [2.45, 2.75) is 13.0 Å². The molecule has 0 aliphatic rings. The molecule has 1 aromatic carbocycles. The van der Waals surface area contributed by atoms with Crippen LogP contribution < -0.4 is 9.47 Å². The van der Waals surface area contributed by atoms with Crippen LogP contribution in [0, 0.1) is 4.77 Å². The summed E-state index contributed by atoms with van der Waals surface area (Å²) in [6, 6.07) is 3.89. The molecular weight excluding hydrogens is 274 g/mol. The summed E-state index contributed by atoms with van der Waals surface area (Å²) in [5, 5.41) is 0. The zero-order chi connectivity index (χ0) is 14.7. The van der Waals surface area contributed by atoms with Crippen LogP contribution in [0.5, 0.6) is 11.5 Å². The highest BCUT2D eigenvalue weighted by molar-refractivity contribution is 7.71. The third-order valence-electron chi connectivity index (χ3n) is 3.27. The van der Waals surface area contributed by atoms with Gasteiger partial charge in [0.15, 0.2) is 16.3 Å². The fourth-order valence-electron chi connectivity index (χ4n) is 2.25. The quantitative estimate of drug-likeness (QED) is 0.832. The summed E-state index contributed by atoms with van der Waals surface area (Å²) >= 11 is 5.40. The third kappa shape index (κ3) is 2.96. The number of hydrogen-bond acceptors (Lipinski definition) is 4. The average Bonchev–Trinajstić information content (AvgIpc) is 2.72. The average molecular weight is 295 g/mol. The Hall–Kier alpha value is -1.53. The molecule has 0 fully saturated rings. The molecule has 1 heterocycles. The smallest absolute Gasteiger partial charge is 0.178 e. The first kappa shape index (κ1) is 14.9. The van der Waals surface area contributed by atoms with Gasteiger partial charge in [0.2, 0.25) is 0 Å². The molecule has 110 valence electrons. The minimum absolute atomic E-state index is 0.705. The van der Waals surface area contributed by atoms with Crippen LogP contribution >= 0.6 is 12.2 Å². The van der Waals surface area contributed by atoms with E-state index in [9.17, 15) is 0 Å². The first-order valence-corrected chi connectivity index (χ1v) is 6.97. The summed E-state index contributed by atoms with van der Waals surface area (Å²) in [7, 11) is 7.42. The number of aryl methyl sites for hydroxylation is 1. The molecule has 0 bridgehead atoms. The van der Waals surface area contributed by atoms with Gasteiger partial charge in [-0.15, -0.1) is 0 Å². The second-order valence-electron chi connectivity index (χ2n) is 4.96. The zero-order valence-electron chi connectivity index (χ0n) is 12.4. The molecule has 2 rings (SSSR count). The van der Waals surface area contributed by atoms with Crippen molar-refractivity contribution in [2.75, 3.05) is 34.9 Å². The lowest BCUT2D eigenvalue weighted by atomic mass is 10.2. The second-order valence-corrected chi connectivity index (χ2v) is 5.35. The fraction of sp³-hybridized carbons (Fsp3) is 0.500. The van der Waals surface area contributed by atoms with Crippen molar-refractivity contribution in [1.29, 1.82) is 0 Å². The second kappa shape index (κ2) is 6.28. The molecule has 5 nitrogen and oxygen atoms in total. The van der Waals surface area contributed by atoms with Gasteiger partial charge in [-0.1, -0.05) is 0 Å². The Kier molecular flexibility index (Phi) is 4.67. The number of methoxy groups -OCH3 is 2. The predicted molar refractivity (Wildman–Crippen MR) is 83.4 cm³/mol. The van der Waals surface area contributed by atoms with Crippen molar-refractivity contribution >= 4 is 23.3 Å². The molecule has 6 heteroatoms. The van der Waals surface area contributed by atoms with Gasteiger partial charge in [0.25, 0.3) is 0 Å². The summed E-state index contributed by atoms with van der Waals surface area (Å²) < 4.78 is 13.5. The Balaban J connectivity index is 2.39. The van der Waals surface area contributed by atoms with E-state index in [0.29, 0.717) is 5.75 Å². The molecule has 0 radical (unpaired) electrons. The number of rotatable bonds is 6. The molecule has 1 aromatic heterocycles. The van der Waals surface area contributed by atoms with Crippen LogP contribution in [-0.2, 0) is 6.54 Å². The van der Waals surface area contributed by atoms with Gasteiger partial charge in [-0.3, -0.25) is 0 Å². The number of nitrogens with zero attached hydrogens (tertiary/aromatic N) is 2. The van der Waals surface area contributed by atoms with Gasteiger partial charge < -0.3 is 23.9 Å². The molecular formula is C14H21N3O2S. The number of ether oxygens (including phenoxy) is 2. The van der Waals surface area contributed by atoms with E-state index in [1.165, 1.54) is 0 Å². The number of nitrogens with one attached hydrogen (secondary N) is 1. The highest BCUT2D eigenvalue weighted by atomic mass is 32.1. The standard InChI is InChI=1S/C14H21N3O2S/c1-16(2)6-5-7-17-11-9-13(19-4)12(18-3)8-10(11)15-14(17)20/h8-9H,5-7H2,1-4H3,(H,15,20). The van der Waals surface area contributed by atoms with Crippen molar-refractivity contribution in [2.24, 2.45) is 0 Å². The number of hydrogen-bond donors (Lipinski definition) is 1. The van der Waals surface area contributed by atoms with E-state index in [1.807, 2.05) is 12.1 Å². The van der Waals surface area contributed by atoms with E-state index in [2.05, 4.69) is 28.5 Å². The van der Waals surface area contributed by atoms with E-state index in [0.717, 1.165) is 41.1 Å². The topological polar surface area (TPSA) is 42.4 Å². The summed E-state index contributed by atoms with van der Waals surface area (Å²) in [6.07, 6.45) is 1.04. The van der Waals surface area contributed by atoms with Crippen LogP contribution in [0.25, 0.3) is 11.0 Å². The fourth-order valence-corrected chi connectivity index (χ4v) is 2.55. The molecule has 0 saturated heterocycles. The summed E-state index contributed by atoms with van der Waals surface area (Å²) in [5.41, 5.74) is 2.02. The van der Waals surface area contributed by atoms with Crippen LogP contribution in [-0.4, -0.2) is 49.3 Å². The van der Waals surface area contributed by atoms with E-state index in [1.54, 1.807) is 14.2 Å². The number of fused-ring (bicyclic) bond motifs is 1. The van der Waals surface area contributed by atoms with Crippen LogP contribution in [0.1, 0.15) is 6.42 Å². The first-order chi connectivity index (χ1) is 9.56. The van der Waals surface area contributed by atoms with Crippen molar-refractivity contribution in [3.05, 3.63) is 16.9 Å². The minimum Gasteiger partial charge on any atom is -0.493 e. The number of H-pyrrole nitrogens is 1. The van der Waals surface area contributed by atoms with Crippen molar-refractivity contribution in [1.82, 2.24) is 14.5 Å². The normalized spacial score (nSPS) is 11.2. The molecule has 0 unspecified atom stereocenters. The molecule has 20 heavy (non-hydrogen) atoms. The van der Waals surface area contributed by atoms with Gasteiger partial charge in [-0.25, -0.2) is 0 Å². The van der Waals surface area contributed by atoms with Crippen LogP contribution in [0.3, 0.4) is 0 Å². The van der Waals surface area contributed by atoms with E-state index in [-0.39, 0.29) is 0 Å². The molecule has 2 aromatic rings. The lowest BCUT2D eigenvalue weighted by Gasteiger charge is -2.11. The maximum Gasteiger partial charge on any atom is 0.178 e. The lowest BCUT2D eigenvalue weighted by molar-refractivity contribution is 0.355. The molecule has 0 saturated carbocycles. The Morgan fingerprint density at radius 2 is 1.85 bits per heavy atom. The van der Waals surface area contributed by atoms with Crippen LogP contribution in [0.2, 0.25) is 0 Å².